The predicted octanol–water partition coefficient (Wildman–Crippen LogP) is 2.03. The molecule has 0 atom stereocenters. The Labute approximate surface area is 78.7 Å². The highest BCUT2D eigenvalue weighted by molar-refractivity contribution is 6.61. The number of halogens is 2. The SMILES string of the molecule is [B]C([B])(Cl)c1ccc(Cl)cc1. The Morgan fingerprint density at radius 3 is 1.91 bits per heavy atom. The van der Waals surface area contributed by atoms with Gasteiger partial charge in [-0.2, -0.15) is 0 Å². The molecule has 11 heavy (non-hydrogen) atoms. The second-order valence-electron chi connectivity index (χ2n) is 2.27. The Bertz CT molecular complexity index is 238. The molecule has 0 unspecified atom stereocenters. The van der Waals surface area contributed by atoms with Crippen molar-refractivity contribution in [2.24, 2.45) is 0 Å². The minimum absolute atomic E-state index is 0.634. The van der Waals surface area contributed by atoms with Crippen molar-refractivity contribution in [2.45, 2.75) is 4.67 Å². The van der Waals surface area contributed by atoms with E-state index >= 15 is 0 Å². The normalized spacial score (nSPS) is 11.5. The quantitative estimate of drug-likeness (QED) is 0.458. The number of hydrogen-bond donors (Lipinski definition) is 0. The van der Waals surface area contributed by atoms with E-state index in [0.29, 0.717) is 10.6 Å². The van der Waals surface area contributed by atoms with Crippen molar-refractivity contribution in [3.05, 3.63) is 34.9 Å². The zero-order valence-corrected chi connectivity index (χ0v) is 7.23. The molecule has 1 rings (SSSR count). The molecule has 0 aliphatic rings. The van der Waals surface area contributed by atoms with Crippen LogP contribution in [0.2, 0.25) is 5.02 Å². The Kier molecular flexibility index (Phi) is 2.56. The Morgan fingerprint density at radius 1 is 1.09 bits per heavy atom. The van der Waals surface area contributed by atoms with Gasteiger partial charge in [-0.25, -0.2) is 0 Å². The third-order valence-electron chi connectivity index (χ3n) is 1.29. The minimum atomic E-state index is -1.30. The number of hydrogen-bond acceptors (Lipinski definition) is 0. The summed E-state index contributed by atoms with van der Waals surface area (Å²) in [6.07, 6.45) is 0. The molecule has 0 N–H and O–H groups in total. The standard InChI is InChI=1S/C7H4B2Cl2/c8-7(9,11)5-1-3-6(10)4-2-5/h1-4H. The van der Waals surface area contributed by atoms with Crippen LogP contribution < -0.4 is 0 Å². The highest BCUT2D eigenvalue weighted by atomic mass is 35.5. The lowest BCUT2D eigenvalue weighted by atomic mass is 9.65. The van der Waals surface area contributed by atoms with Crippen molar-refractivity contribution in [2.75, 3.05) is 0 Å². The summed E-state index contributed by atoms with van der Waals surface area (Å²) in [5.41, 5.74) is 0.642. The van der Waals surface area contributed by atoms with Crippen LogP contribution in [0, 0.1) is 0 Å². The molecule has 1 aromatic rings. The first-order valence-corrected chi connectivity index (χ1v) is 3.78. The molecule has 0 spiro atoms. The van der Waals surface area contributed by atoms with Gasteiger partial charge in [0.2, 0.25) is 0 Å². The molecule has 4 heteroatoms. The summed E-state index contributed by atoms with van der Waals surface area (Å²) < 4.78 is -1.30. The molecule has 52 valence electrons. The van der Waals surface area contributed by atoms with E-state index in [-0.39, 0.29) is 0 Å². The first kappa shape index (κ1) is 9.02. The van der Waals surface area contributed by atoms with Crippen molar-refractivity contribution < 1.29 is 0 Å². The molecule has 0 fully saturated rings. The van der Waals surface area contributed by atoms with Gasteiger partial charge in [0, 0.05) is 5.02 Å². The average Bonchev–Trinajstić information content (AvgIpc) is 1.86. The van der Waals surface area contributed by atoms with Crippen LogP contribution in [0.4, 0.5) is 0 Å². The average molecular weight is 181 g/mol. The fourth-order valence-corrected chi connectivity index (χ4v) is 0.957. The summed E-state index contributed by atoms with van der Waals surface area (Å²) in [4.78, 5) is 0. The Morgan fingerprint density at radius 2 is 1.55 bits per heavy atom. The van der Waals surface area contributed by atoms with Gasteiger partial charge in [0.25, 0.3) is 0 Å². The third-order valence-corrected chi connectivity index (χ3v) is 1.76. The van der Waals surface area contributed by atoms with E-state index < -0.39 is 4.67 Å². The van der Waals surface area contributed by atoms with Gasteiger partial charge < -0.3 is 0 Å². The highest BCUT2D eigenvalue weighted by Crippen LogP contribution is 2.22. The molecule has 0 nitrogen and oxygen atoms in total. The van der Waals surface area contributed by atoms with Gasteiger partial charge in [-0.3, -0.25) is 0 Å². The maximum absolute atomic E-state index is 5.64. The second kappa shape index (κ2) is 3.12. The molecule has 0 bridgehead atoms. The van der Waals surface area contributed by atoms with Crippen LogP contribution in [0.1, 0.15) is 5.56 Å². The lowest BCUT2D eigenvalue weighted by Crippen LogP contribution is -2.17. The summed E-state index contributed by atoms with van der Waals surface area (Å²) in [6.45, 7) is 0. The van der Waals surface area contributed by atoms with E-state index in [2.05, 4.69) is 0 Å². The van der Waals surface area contributed by atoms with Crippen LogP contribution in [0.15, 0.2) is 24.3 Å². The van der Waals surface area contributed by atoms with E-state index in [1.54, 1.807) is 24.3 Å². The van der Waals surface area contributed by atoms with Crippen molar-refractivity contribution in [3.8, 4) is 0 Å². The second-order valence-corrected chi connectivity index (χ2v) is 3.34. The van der Waals surface area contributed by atoms with Crippen LogP contribution in [0.3, 0.4) is 0 Å². The van der Waals surface area contributed by atoms with Crippen molar-refractivity contribution in [3.63, 3.8) is 0 Å². The summed E-state index contributed by atoms with van der Waals surface area (Å²) in [7, 11) is 10.8. The first-order valence-electron chi connectivity index (χ1n) is 3.03. The molecular formula is C7H4B2Cl2. The number of alkyl halides is 1. The molecule has 0 aromatic heterocycles. The van der Waals surface area contributed by atoms with Crippen LogP contribution in [0.25, 0.3) is 0 Å². The van der Waals surface area contributed by atoms with E-state index in [9.17, 15) is 0 Å². The number of rotatable bonds is 1. The van der Waals surface area contributed by atoms with Crippen molar-refractivity contribution in [1.82, 2.24) is 0 Å². The van der Waals surface area contributed by atoms with Crippen LogP contribution in [-0.4, -0.2) is 15.7 Å². The van der Waals surface area contributed by atoms with Gasteiger partial charge in [-0.05, 0) is 22.4 Å². The van der Waals surface area contributed by atoms with Gasteiger partial charge in [-0.1, -0.05) is 23.7 Å². The molecule has 0 heterocycles. The first-order chi connectivity index (χ1) is 5.00. The fraction of sp³-hybridized carbons (Fsp3) is 0.143. The van der Waals surface area contributed by atoms with E-state index in [1.165, 1.54) is 0 Å². The van der Waals surface area contributed by atoms with E-state index in [4.69, 9.17) is 38.9 Å². The van der Waals surface area contributed by atoms with Crippen LogP contribution >= 0.6 is 23.2 Å². The largest absolute Gasteiger partial charge is 0.135 e. The minimum Gasteiger partial charge on any atom is -0.135 e. The van der Waals surface area contributed by atoms with Gasteiger partial charge in [0.15, 0.2) is 0 Å². The highest BCUT2D eigenvalue weighted by Gasteiger charge is 2.14. The summed E-state index contributed by atoms with van der Waals surface area (Å²) in [5.74, 6) is 0. The van der Waals surface area contributed by atoms with Gasteiger partial charge in [0.05, 0.1) is 15.7 Å². The zero-order chi connectivity index (χ0) is 8.48. The van der Waals surface area contributed by atoms with Gasteiger partial charge in [-0.15, -0.1) is 11.6 Å². The predicted molar refractivity (Wildman–Crippen MR) is 50.5 cm³/mol. The molecule has 4 radical (unpaired) electrons. The molecule has 0 saturated carbocycles. The smallest absolute Gasteiger partial charge is 0.0895 e. The van der Waals surface area contributed by atoms with Crippen LogP contribution in [-0.2, 0) is 4.67 Å². The molecular weight excluding hydrogens is 177 g/mol. The zero-order valence-electron chi connectivity index (χ0n) is 5.72. The molecule has 0 saturated heterocycles. The Hall–Kier alpha value is -0.0701. The van der Waals surface area contributed by atoms with Crippen molar-refractivity contribution >= 4 is 38.9 Å². The summed E-state index contributed by atoms with van der Waals surface area (Å²) in [6, 6.07) is 6.76. The third kappa shape index (κ3) is 2.46. The van der Waals surface area contributed by atoms with E-state index in [1.807, 2.05) is 0 Å². The molecule has 0 amide bonds. The topological polar surface area (TPSA) is 0 Å². The molecule has 0 aliphatic heterocycles. The summed E-state index contributed by atoms with van der Waals surface area (Å²) >= 11 is 11.3. The number of benzene rings is 1. The lowest BCUT2D eigenvalue weighted by molar-refractivity contribution is 1.24. The van der Waals surface area contributed by atoms with E-state index in [0.717, 1.165) is 0 Å². The van der Waals surface area contributed by atoms with Crippen LogP contribution in [0.5, 0.6) is 0 Å². The molecule has 0 aliphatic carbocycles. The molecule has 1 aromatic carbocycles. The van der Waals surface area contributed by atoms with Gasteiger partial charge in [0.1, 0.15) is 0 Å². The monoisotopic (exact) mass is 180 g/mol. The Balaban J connectivity index is 2.99. The van der Waals surface area contributed by atoms with Crippen molar-refractivity contribution in [1.29, 1.82) is 0 Å². The summed E-state index contributed by atoms with van der Waals surface area (Å²) in [5, 5.41) is 0.634. The lowest BCUT2D eigenvalue weighted by Gasteiger charge is -2.16. The van der Waals surface area contributed by atoms with Gasteiger partial charge >= 0.3 is 0 Å². The fourth-order valence-electron chi connectivity index (χ4n) is 0.705. The maximum Gasteiger partial charge on any atom is 0.0895 e. The maximum atomic E-state index is 5.64.